The number of carboxylic acids is 1. The lowest BCUT2D eigenvalue weighted by Gasteiger charge is -2.16. The van der Waals surface area contributed by atoms with Gasteiger partial charge in [0.1, 0.15) is 12.4 Å². The SMILES string of the molecule is CC(C)N1C(=O)S/C(=C/c2ccccc2OCc2ccc(C(=O)[O-])cc2)C1=O. The van der Waals surface area contributed by atoms with Crippen LogP contribution in [0.2, 0.25) is 0 Å². The van der Waals surface area contributed by atoms with Gasteiger partial charge in [-0.1, -0.05) is 42.5 Å². The van der Waals surface area contributed by atoms with Crippen LogP contribution in [0.25, 0.3) is 6.08 Å². The van der Waals surface area contributed by atoms with E-state index in [4.69, 9.17) is 4.74 Å². The average Bonchev–Trinajstić information content (AvgIpc) is 2.94. The van der Waals surface area contributed by atoms with Crippen molar-refractivity contribution in [2.24, 2.45) is 0 Å². The van der Waals surface area contributed by atoms with Crippen molar-refractivity contribution in [1.82, 2.24) is 4.90 Å². The third-order valence-corrected chi connectivity index (χ3v) is 5.01. The quantitative estimate of drug-likeness (QED) is 0.698. The summed E-state index contributed by atoms with van der Waals surface area (Å²) in [6.45, 7) is 3.82. The van der Waals surface area contributed by atoms with Gasteiger partial charge >= 0.3 is 0 Å². The average molecular weight is 396 g/mol. The summed E-state index contributed by atoms with van der Waals surface area (Å²) in [6.07, 6.45) is 1.65. The lowest BCUT2D eigenvalue weighted by molar-refractivity contribution is -0.255. The van der Waals surface area contributed by atoms with Crippen LogP contribution in [0.3, 0.4) is 0 Å². The van der Waals surface area contributed by atoms with E-state index in [0.717, 1.165) is 17.3 Å². The fraction of sp³-hybridized carbons (Fsp3) is 0.190. The number of thioether (sulfide) groups is 1. The van der Waals surface area contributed by atoms with Crippen molar-refractivity contribution in [3.8, 4) is 5.75 Å². The number of carboxylic acid groups (broad SMARTS) is 1. The summed E-state index contributed by atoms with van der Waals surface area (Å²) in [5.74, 6) is -0.978. The summed E-state index contributed by atoms with van der Waals surface area (Å²) in [6, 6.07) is 13.2. The number of carbonyl (C=O) groups is 3. The summed E-state index contributed by atoms with van der Waals surface area (Å²) in [4.78, 5) is 36.9. The van der Waals surface area contributed by atoms with Crippen molar-refractivity contribution in [3.05, 3.63) is 70.1 Å². The van der Waals surface area contributed by atoms with Gasteiger partial charge in [0.15, 0.2) is 0 Å². The highest BCUT2D eigenvalue weighted by Crippen LogP contribution is 2.35. The van der Waals surface area contributed by atoms with Gasteiger partial charge in [0.2, 0.25) is 0 Å². The lowest BCUT2D eigenvalue weighted by Crippen LogP contribution is -2.34. The number of para-hydroxylation sites is 1. The minimum atomic E-state index is -1.23. The molecule has 1 aliphatic rings. The molecule has 0 N–H and O–H groups in total. The molecule has 2 amide bonds. The van der Waals surface area contributed by atoms with Gasteiger partial charge in [0.05, 0.1) is 10.9 Å². The Bertz CT molecular complexity index is 950. The second kappa shape index (κ2) is 8.31. The third-order valence-electron chi connectivity index (χ3n) is 4.13. The number of nitrogens with zero attached hydrogens (tertiary/aromatic N) is 1. The monoisotopic (exact) mass is 396 g/mol. The molecular weight excluding hydrogens is 378 g/mol. The topological polar surface area (TPSA) is 86.7 Å². The smallest absolute Gasteiger partial charge is 0.293 e. The molecule has 1 heterocycles. The Morgan fingerprint density at radius 2 is 1.82 bits per heavy atom. The van der Waals surface area contributed by atoms with Gasteiger partial charge < -0.3 is 14.6 Å². The molecule has 1 fully saturated rings. The van der Waals surface area contributed by atoms with Crippen LogP contribution in [0.5, 0.6) is 5.75 Å². The molecule has 0 bridgehead atoms. The molecule has 2 aromatic rings. The summed E-state index contributed by atoms with van der Waals surface area (Å²) in [5.41, 5.74) is 1.58. The zero-order chi connectivity index (χ0) is 20.3. The molecule has 144 valence electrons. The molecule has 6 nitrogen and oxygen atoms in total. The second-order valence-electron chi connectivity index (χ2n) is 6.46. The number of amides is 2. The highest BCUT2D eigenvalue weighted by molar-refractivity contribution is 8.18. The zero-order valence-electron chi connectivity index (χ0n) is 15.4. The summed E-state index contributed by atoms with van der Waals surface area (Å²) in [5, 5.41) is 10.5. The van der Waals surface area contributed by atoms with Crippen molar-refractivity contribution in [2.75, 3.05) is 0 Å². The van der Waals surface area contributed by atoms with E-state index in [-0.39, 0.29) is 29.4 Å². The Balaban J connectivity index is 1.77. The van der Waals surface area contributed by atoms with Gasteiger partial charge in [-0.2, -0.15) is 0 Å². The Labute approximate surface area is 166 Å². The highest BCUT2D eigenvalue weighted by atomic mass is 32.2. The molecule has 1 saturated heterocycles. The molecule has 0 unspecified atom stereocenters. The Morgan fingerprint density at radius 1 is 1.14 bits per heavy atom. The number of imide groups is 1. The molecule has 3 rings (SSSR count). The first-order valence-electron chi connectivity index (χ1n) is 8.66. The Kier molecular flexibility index (Phi) is 5.84. The first-order valence-corrected chi connectivity index (χ1v) is 9.47. The van der Waals surface area contributed by atoms with E-state index in [1.165, 1.54) is 17.0 Å². The van der Waals surface area contributed by atoms with Crippen LogP contribution < -0.4 is 9.84 Å². The van der Waals surface area contributed by atoms with Crippen LogP contribution in [-0.4, -0.2) is 28.1 Å². The number of ether oxygens (including phenoxy) is 1. The minimum Gasteiger partial charge on any atom is -0.545 e. The largest absolute Gasteiger partial charge is 0.545 e. The second-order valence-corrected chi connectivity index (χ2v) is 7.45. The Morgan fingerprint density at radius 3 is 2.43 bits per heavy atom. The van der Waals surface area contributed by atoms with Crippen LogP contribution >= 0.6 is 11.8 Å². The van der Waals surface area contributed by atoms with Gasteiger partial charge in [0, 0.05) is 11.6 Å². The van der Waals surface area contributed by atoms with Gasteiger partial charge in [-0.15, -0.1) is 0 Å². The van der Waals surface area contributed by atoms with Crippen LogP contribution in [0.4, 0.5) is 4.79 Å². The lowest BCUT2D eigenvalue weighted by atomic mass is 10.1. The molecule has 2 aromatic carbocycles. The van der Waals surface area contributed by atoms with E-state index in [1.54, 1.807) is 44.2 Å². The highest BCUT2D eigenvalue weighted by Gasteiger charge is 2.36. The van der Waals surface area contributed by atoms with E-state index in [2.05, 4.69) is 0 Å². The minimum absolute atomic E-state index is 0.102. The van der Waals surface area contributed by atoms with Crippen LogP contribution in [0.15, 0.2) is 53.4 Å². The van der Waals surface area contributed by atoms with Crippen molar-refractivity contribution in [2.45, 2.75) is 26.5 Å². The van der Waals surface area contributed by atoms with E-state index in [9.17, 15) is 19.5 Å². The van der Waals surface area contributed by atoms with Gasteiger partial charge in [-0.05, 0) is 48.9 Å². The van der Waals surface area contributed by atoms with Gasteiger partial charge in [-0.25, -0.2) is 0 Å². The molecule has 7 heteroatoms. The maximum Gasteiger partial charge on any atom is 0.293 e. The number of carbonyl (C=O) groups excluding carboxylic acids is 3. The summed E-state index contributed by atoms with van der Waals surface area (Å²) < 4.78 is 5.84. The first-order chi connectivity index (χ1) is 13.4. The molecule has 28 heavy (non-hydrogen) atoms. The fourth-order valence-corrected chi connectivity index (χ4v) is 3.65. The predicted octanol–water partition coefficient (Wildman–Crippen LogP) is 3.07. The van der Waals surface area contributed by atoms with E-state index >= 15 is 0 Å². The van der Waals surface area contributed by atoms with Crippen LogP contribution in [0, 0.1) is 0 Å². The zero-order valence-corrected chi connectivity index (χ0v) is 16.2. The molecule has 0 atom stereocenters. The van der Waals surface area contributed by atoms with E-state index < -0.39 is 5.97 Å². The standard InChI is InChI=1S/C21H19NO5S/c1-13(2)22-19(23)18(28-21(22)26)11-16-5-3-4-6-17(16)27-12-14-7-9-15(10-8-14)20(24)25/h3-11,13H,12H2,1-2H3,(H,24,25)/p-1/b18-11+. The first kappa shape index (κ1) is 19.7. The van der Waals surface area contributed by atoms with Crippen molar-refractivity contribution >= 4 is 35.0 Å². The molecule has 0 radical (unpaired) electrons. The number of benzene rings is 2. The number of aromatic carboxylic acids is 1. The van der Waals surface area contributed by atoms with Crippen molar-refractivity contribution in [3.63, 3.8) is 0 Å². The summed E-state index contributed by atoms with van der Waals surface area (Å²) >= 11 is 0.914. The van der Waals surface area contributed by atoms with E-state index in [0.29, 0.717) is 16.2 Å². The molecule has 0 aromatic heterocycles. The normalized spacial score (nSPS) is 15.5. The maximum atomic E-state index is 12.5. The number of rotatable bonds is 6. The van der Waals surface area contributed by atoms with Crippen LogP contribution in [0.1, 0.15) is 35.3 Å². The maximum absolute atomic E-state index is 12.5. The van der Waals surface area contributed by atoms with Crippen molar-refractivity contribution < 1.29 is 24.2 Å². The Hall–Kier alpha value is -3.06. The fourth-order valence-electron chi connectivity index (χ4n) is 2.70. The predicted molar refractivity (Wildman–Crippen MR) is 104 cm³/mol. The molecule has 0 spiro atoms. The summed E-state index contributed by atoms with van der Waals surface area (Å²) in [7, 11) is 0. The van der Waals surface area contributed by atoms with Crippen LogP contribution in [-0.2, 0) is 11.4 Å². The molecular formula is C21H18NO5S-. The van der Waals surface area contributed by atoms with E-state index in [1.807, 2.05) is 12.1 Å². The number of hydrogen-bond acceptors (Lipinski definition) is 6. The third kappa shape index (κ3) is 4.26. The molecule has 0 saturated carbocycles. The molecule has 0 aliphatic carbocycles. The van der Waals surface area contributed by atoms with Crippen molar-refractivity contribution in [1.29, 1.82) is 0 Å². The molecule has 1 aliphatic heterocycles. The van der Waals surface area contributed by atoms with Gasteiger partial charge in [-0.3, -0.25) is 14.5 Å². The number of hydrogen-bond donors (Lipinski definition) is 0. The van der Waals surface area contributed by atoms with Gasteiger partial charge in [0.25, 0.3) is 11.1 Å².